The van der Waals surface area contributed by atoms with E-state index in [9.17, 15) is 13.2 Å². The Morgan fingerprint density at radius 2 is 2.00 bits per heavy atom. The number of fused-ring (bicyclic) bond motifs is 2. The summed E-state index contributed by atoms with van der Waals surface area (Å²) in [6, 6.07) is -0.854. The molecule has 1 atom stereocenters. The minimum Gasteiger partial charge on any atom is -0.335 e. The van der Waals surface area contributed by atoms with E-state index in [-0.39, 0.29) is 12.5 Å². The van der Waals surface area contributed by atoms with Crippen LogP contribution in [-0.4, -0.2) is 62.2 Å². The molecule has 1 unspecified atom stereocenters. The van der Waals surface area contributed by atoms with Gasteiger partial charge in [0, 0.05) is 56.5 Å². The first kappa shape index (κ1) is 18.2. The van der Waals surface area contributed by atoms with Crippen molar-refractivity contribution in [3.8, 4) is 0 Å². The summed E-state index contributed by atoms with van der Waals surface area (Å²) in [7, 11) is -1.70. The van der Waals surface area contributed by atoms with Gasteiger partial charge in [0.2, 0.25) is 15.9 Å². The van der Waals surface area contributed by atoms with Crippen molar-refractivity contribution in [2.75, 3.05) is 19.3 Å². The Morgan fingerprint density at radius 1 is 1.26 bits per heavy atom. The number of rotatable bonds is 3. The molecule has 0 radical (unpaired) electrons. The lowest BCUT2D eigenvalue weighted by atomic mass is 9.99. The van der Waals surface area contributed by atoms with E-state index >= 15 is 0 Å². The van der Waals surface area contributed by atoms with Crippen molar-refractivity contribution in [1.82, 2.24) is 28.5 Å². The van der Waals surface area contributed by atoms with Gasteiger partial charge >= 0.3 is 0 Å². The summed E-state index contributed by atoms with van der Waals surface area (Å²) in [5.41, 5.74) is 3.65. The molecule has 0 saturated heterocycles. The molecule has 10 heteroatoms. The normalized spacial score (nSPS) is 20.4. The number of hydrogen-bond donors (Lipinski definition) is 0. The van der Waals surface area contributed by atoms with E-state index in [0.29, 0.717) is 25.1 Å². The van der Waals surface area contributed by atoms with Crippen LogP contribution in [0.4, 0.5) is 0 Å². The Morgan fingerprint density at radius 3 is 2.70 bits per heavy atom. The standard InChI is InChI=1S/C17H24N6O3S/c1-4-21-11-18-13-10-22(7-5-15(13)21)17(24)16-12-9-19-20(2)14(12)6-8-23(16)27(3,25)26/h9,11,16H,4-8,10H2,1-3H3. The SMILES string of the molecule is CCn1cnc2c1CCN(C(=O)C1c3cnn(C)c3CCN1S(C)(=O)=O)C2. The lowest BCUT2D eigenvalue weighted by Crippen LogP contribution is -2.49. The van der Waals surface area contributed by atoms with Gasteiger partial charge in [-0.2, -0.15) is 9.40 Å². The number of carbonyl (C=O) groups is 1. The highest BCUT2D eigenvalue weighted by Crippen LogP contribution is 2.34. The third kappa shape index (κ3) is 2.96. The van der Waals surface area contributed by atoms with Crippen molar-refractivity contribution in [3.63, 3.8) is 0 Å². The van der Waals surface area contributed by atoms with Crippen LogP contribution < -0.4 is 0 Å². The molecule has 0 bridgehead atoms. The highest BCUT2D eigenvalue weighted by atomic mass is 32.2. The summed E-state index contributed by atoms with van der Waals surface area (Å²) in [5, 5.41) is 4.25. The highest BCUT2D eigenvalue weighted by molar-refractivity contribution is 7.88. The highest BCUT2D eigenvalue weighted by Gasteiger charge is 2.42. The molecule has 2 aliphatic heterocycles. The van der Waals surface area contributed by atoms with Crippen molar-refractivity contribution in [2.45, 2.75) is 38.9 Å². The Kier molecular flexibility index (Phi) is 4.34. The number of nitrogens with zero attached hydrogens (tertiary/aromatic N) is 6. The monoisotopic (exact) mass is 392 g/mol. The van der Waals surface area contributed by atoms with Crippen LogP contribution in [0.2, 0.25) is 0 Å². The van der Waals surface area contributed by atoms with Gasteiger partial charge in [-0.1, -0.05) is 0 Å². The third-order valence-electron chi connectivity index (χ3n) is 5.55. The zero-order valence-electron chi connectivity index (χ0n) is 15.8. The molecule has 2 aromatic rings. The molecule has 0 saturated carbocycles. The first-order valence-corrected chi connectivity index (χ1v) is 10.9. The van der Waals surface area contributed by atoms with E-state index in [4.69, 9.17) is 0 Å². The van der Waals surface area contributed by atoms with Gasteiger partial charge < -0.3 is 9.47 Å². The fourth-order valence-electron chi connectivity index (χ4n) is 4.13. The van der Waals surface area contributed by atoms with Crippen molar-refractivity contribution in [1.29, 1.82) is 0 Å². The molecular weight excluding hydrogens is 368 g/mol. The summed E-state index contributed by atoms with van der Waals surface area (Å²) in [5.74, 6) is -0.203. The van der Waals surface area contributed by atoms with Crippen LogP contribution in [0.3, 0.4) is 0 Å². The van der Waals surface area contributed by atoms with Gasteiger partial charge in [-0.15, -0.1) is 0 Å². The number of sulfonamides is 1. The zero-order chi connectivity index (χ0) is 19.3. The van der Waals surface area contributed by atoms with Gasteiger partial charge in [-0.25, -0.2) is 13.4 Å². The third-order valence-corrected chi connectivity index (χ3v) is 6.79. The molecular formula is C17H24N6O3S. The first-order valence-electron chi connectivity index (χ1n) is 9.10. The van der Waals surface area contributed by atoms with Gasteiger partial charge in [-0.05, 0) is 6.92 Å². The second-order valence-corrected chi connectivity index (χ2v) is 9.07. The predicted octanol–water partition coefficient (Wildman–Crippen LogP) is 0.0802. The second kappa shape index (κ2) is 6.45. The second-order valence-electron chi connectivity index (χ2n) is 7.13. The Balaban J connectivity index is 1.68. The van der Waals surface area contributed by atoms with Crippen molar-refractivity contribution < 1.29 is 13.2 Å². The van der Waals surface area contributed by atoms with Crippen molar-refractivity contribution in [2.24, 2.45) is 7.05 Å². The Bertz CT molecular complexity index is 992. The number of aromatic nitrogens is 4. The van der Waals surface area contributed by atoms with E-state index in [1.165, 1.54) is 4.31 Å². The lowest BCUT2D eigenvalue weighted by molar-refractivity contribution is -0.136. The fraction of sp³-hybridized carbons (Fsp3) is 0.588. The first-order chi connectivity index (χ1) is 12.8. The maximum absolute atomic E-state index is 13.4. The summed E-state index contributed by atoms with van der Waals surface area (Å²) >= 11 is 0. The summed E-state index contributed by atoms with van der Waals surface area (Å²) < 4.78 is 29.8. The Labute approximate surface area is 158 Å². The quantitative estimate of drug-likeness (QED) is 0.738. The van der Waals surface area contributed by atoms with Crippen molar-refractivity contribution in [3.05, 3.63) is 35.2 Å². The maximum Gasteiger partial charge on any atom is 0.246 e. The molecule has 1 amide bonds. The number of carbonyl (C=O) groups excluding carboxylic acids is 1. The maximum atomic E-state index is 13.4. The topological polar surface area (TPSA) is 93.3 Å². The summed E-state index contributed by atoms with van der Waals surface area (Å²) in [6.45, 7) is 4.16. The smallest absolute Gasteiger partial charge is 0.246 e. The van der Waals surface area contributed by atoms with Crippen LogP contribution in [0.25, 0.3) is 0 Å². The van der Waals surface area contributed by atoms with E-state index in [1.807, 2.05) is 7.05 Å². The average Bonchev–Trinajstić information content (AvgIpc) is 3.22. The van der Waals surface area contributed by atoms with E-state index in [2.05, 4.69) is 21.6 Å². The van der Waals surface area contributed by atoms with Gasteiger partial charge in [0.15, 0.2) is 0 Å². The van der Waals surface area contributed by atoms with Gasteiger partial charge in [-0.3, -0.25) is 9.48 Å². The van der Waals surface area contributed by atoms with Crippen molar-refractivity contribution >= 4 is 15.9 Å². The van der Waals surface area contributed by atoms with Crippen LogP contribution >= 0.6 is 0 Å². The van der Waals surface area contributed by atoms with Crippen LogP contribution in [0.1, 0.15) is 35.6 Å². The molecule has 0 N–H and O–H groups in total. The van der Waals surface area contributed by atoms with E-state index in [1.54, 1.807) is 22.1 Å². The van der Waals surface area contributed by atoms with Gasteiger partial charge in [0.25, 0.3) is 0 Å². The zero-order valence-corrected chi connectivity index (χ0v) is 16.6. The van der Waals surface area contributed by atoms with Crippen LogP contribution in [0.15, 0.2) is 12.5 Å². The van der Waals surface area contributed by atoms with Gasteiger partial charge in [0.05, 0.1) is 31.0 Å². The van der Waals surface area contributed by atoms with E-state index < -0.39 is 16.1 Å². The number of hydrogen-bond acceptors (Lipinski definition) is 5. The molecule has 0 aliphatic carbocycles. The molecule has 2 aromatic heterocycles. The molecule has 0 aromatic carbocycles. The molecule has 9 nitrogen and oxygen atoms in total. The average molecular weight is 392 g/mol. The molecule has 2 aliphatic rings. The number of aryl methyl sites for hydroxylation is 2. The molecule has 4 heterocycles. The van der Waals surface area contributed by atoms with E-state index in [0.717, 1.165) is 36.3 Å². The molecule has 0 fully saturated rings. The van der Waals surface area contributed by atoms with Gasteiger partial charge in [0.1, 0.15) is 6.04 Å². The fourth-order valence-corrected chi connectivity index (χ4v) is 5.14. The minimum atomic E-state index is -3.52. The largest absolute Gasteiger partial charge is 0.335 e. The predicted molar refractivity (Wildman–Crippen MR) is 98.2 cm³/mol. The number of amides is 1. The number of imidazole rings is 1. The Hall–Kier alpha value is -2.20. The van der Waals surface area contributed by atoms with Crippen LogP contribution in [0.5, 0.6) is 0 Å². The van der Waals surface area contributed by atoms with Crippen LogP contribution in [0, 0.1) is 0 Å². The van der Waals surface area contributed by atoms with Crippen LogP contribution in [-0.2, 0) is 47.8 Å². The molecule has 0 spiro atoms. The summed E-state index contributed by atoms with van der Waals surface area (Å²) in [6.07, 6.45) is 5.86. The molecule has 146 valence electrons. The minimum absolute atomic E-state index is 0.203. The molecule has 27 heavy (non-hydrogen) atoms. The lowest BCUT2D eigenvalue weighted by Gasteiger charge is -2.37. The molecule has 4 rings (SSSR count). The summed E-state index contributed by atoms with van der Waals surface area (Å²) in [4.78, 5) is 19.6.